The Balaban J connectivity index is 1.49. The number of nitrogens with zero attached hydrogens (tertiary/aromatic N) is 5. The number of carbonyl (C=O) groups excluding carboxylic acids is 1. The summed E-state index contributed by atoms with van der Waals surface area (Å²) in [5, 5.41) is 6.75. The van der Waals surface area contributed by atoms with Crippen LogP contribution in [0, 0.1) is 11.6 Å². The number of alkyl halides is 2. The number of hydrogen-bond donors (Lipinski definition) is 0. The molecule has 188 valence electrons. The van der Waals surface area contributed by atoms with E-state index in [0.29, 0.717) is 37.0 Å². The molecule has 2 aromatic carbocycles. The molecule has 1 amide bonds. The van der Waals surface area contributed by atoms with Crippen LogP contribution in [0.1, 0.15) is 43.7 Å². The van der Waals surface area contributed by atoms with Crippen LogP contribution in [0.2, 0.25) is 0 Å². The Morgan fingerprint density at radius 1 is 1.08 bits per heavy atom. The highest BCUT2D eigenvalue weighted by Crippen LogP contribution is 2.28. The summed E-state index contributed by atoms with van der Waals surface area (Å²) in [6.45, 7) is 2.31. The van der Waals surface area contributed by atoms with E-state index in [0.717, 1.165) is 6.07 Å². The first-order valence-electron chi connectivity index (χ1n) is 11.3. The van der Waals surface area contributed by atoms with Gasteiger partial charge in [-0.3, -0.25) is 13.9 Å². The molecule has 0 radical (unpaired) electrons. The summed E-state index contributed by atoms with van der Waals surface area (Å²) in [6.07, 6.45) is -1.88. The van der Waals surface area contributed by atoms with Crippen molar-refractivity contribution in [2.45, 2.75) is 38.8 Å². The number of benzene rings is 2. The molecule has 0 atom stereocenters. The van der Waals surface area contributed by atoms with Gasteiger partial charge >= 0.3 is 12.1 Å². The van der Waals surface area contributed by atoms with Crippen molar-refractivity contribution in [2.24, 2.45) is 0 Å². The maximum atomic E-state index is 15.0. The van der Waals surface area contributed by atoms with E-state index >= 15 is 4.39 Å². The van der Waals surface area contributed by atoms with Crippen molar-refractivity contribution < 1.29 is 26.8 Å². The number of likely N-dealkylation sites (tertiary alicyclic amines) is 1. The van der Waals surface area contributed by atoms with Crippen LogP contribution in [-0.4, -0.2) is 43.2 Å². The second-order valence-electron chi connectivity index (χ2n) is 8.66. The summed E-state index contributed by atoms with van der Waals surface area (Å²) in [5.41, 5.74) is 0.689. The Morgan fingerprint density at radius 3 is 2.47 bits per heavy atom. The lowest BCUT2D eigenvalue weighted by Crippen LogP contribution is -2.40. The van der Waals surface area contributed by atoms with Gasteiger partial charge in [-0.2, -0.15) is 8.78 Å². The van der Waals surface area contributed by atoms with Crippen LogP contribution in [-0.2, 0) is 11.3 Å². The summed E-state index contributed by atoms with van der Waals surface area (Å²) in [6, 6.07) is 7.65. The van der Waals surface area contributed by atoms with Crippen LogP contribution < -0.4 is 5.69 Å². The predicted octanol–water partition coefficient (Wildman–Crippen LogP) is 4.30. The molecule has 0 N–H and O–H groups in total. The first-order valence-corrected chi connectivity index (χ1v) is 11.3. The zero-order valence-electron chi connectivity index (χ0n) is 19.1. The Labute approximate surface area is 201 Å². The summed E-state index contributed by atoms with van der Waals surface area (Å²) >= 11 is 0. The van der Waals surface area contributed by atoms with Gasteiger partial charge in [0, 0.05) is 37.2 Å². The molecule has 4 aromatic rings. The highest BCUT2D eigenvalue weighted by molar-refractivity contribution is 5.77. The molecule has 3 heterocycles. The van der Waals surface area contributed by atoms with Crippen molar-refractivity contribution in [1.82, 2.24) is 24.2 Å². The fourth-order valence-corrected chi connectivity index (χ4v) is 4.62. The van der Waals surface area contributed by atoms with Gasteiger partial charge in [0.05, 0.1) is 17.6 Å². The highest BCUT2D eigenvalue weighted by Gasteiger charge is 2.27. The van der Waals surface area contributed by atoms with Crippen molar-refractivity contribution >= 4 is 16.9 Å². The Hall–Kier alpha value is -3.96. The van der Waals surface area contributed by atoms with Crippen molar-refractivity contribution in [3.05, 3.63) is 70.0 Å². The topological polar surface area (TPSA) is 86.2 Å². The third-order valence-electron chi connectivity index (χ3n) is 6.46. The molecule has 5 rings (SSSR count). The standard InChI is InChI=1S/C24H21F4N5O3/c1-13(34)31-8-6-17(7-9-31)33-20-11-16(25)4-5-19(20)32(24(33)35)12-15-3-2-14(10-18(15)26)22-29-30-23(36-22)21(27)28/h2-5,10-11,17,21H,6-9,12H2,1H3. The minimum atomic E-state index is -2.95. The summed E-state index contributed by atoms with van der Waals surface area (Å²) in [5.74, 6) is -2.37. The largest absolute Gasteiger partial charge is 0.415 e. The first kappa shape index (κ1) is 23.8. The Bertz CT molecular complexity index is 1500. The van der Waals surface area contributed by atoms with E-state index in [2.05, 4.69) is 10.2 Å². The fourth-order valence-electron chi connectivity index (χ4n) is 4.62. The molecule has 1 saturated heterocycles. The molecule has 12 heteroatoms. The molecule has 0 aliphatic carbocycles. The molecule has 1 fully saturated rings. The van der Waals surface area contributed by atoms with E-state index in [4.69, 9.17) is 4.42 Å². The molecule has 0 bridgehead atoms. The van der Waals surface area contributed by atoms with Gasteiger partial charge in [-0.05, 0) is 43.2 Å². The molecule has 1 aliphatic heterocycles. The molecule has 0 spiro atoms. The van der Waals surface area contributed by atoms with Crippen molar-refractivity contribution in [3.63, 3.8) is 0 Å². The Morgan fingerprint density at radius 2 is 1.83 bits per heavy atom. The number of amides is 1. The van der Waals surface area contributed by atoms with Gasteiger partial charge in [-0.1, -0.05) is 6.07 Å². The monoisotopic (exact) mass is 503 g/mol. The van der Waals surface area contributed by atoms with Crippen LogP contribution in [0.4, 0.5) is 17.6 Å². The second-order valence-corrected chi connectivity index (χ2v) is 8.66. The SMILES string of the molecule is CC(=O)N1CCC(n2c(=O)n(Cc3ccc(-c4nnc(C(F)F)o4)cc3F)c3ccc(F)cc32)CC1. The van der Waals surface area contributed by atoms with Crippen LogP contribution in [0.5, 0.6) is 0 Å². The second kappa shape index (κ2) is 9.25. The van der Waals surface area contributed by atoms with Crippen LogP contribution in [0.15, 0.2) is 45.6 Å². The van der Waals surface area contributed by atoms with Crippen molar-refractivity contribution in [1.29, 1.82) is 0 Å². The number of halogens is 4. The Kier molecular flexibility index (Phi) is 6.10. The van der Waals surface area contributed by atoms with Gasteiger partial charge in [-0.25, -0.2) is 13.6 Å². The van der Waals surface area contributed by atoms with E-state index < -0.39 is 29.6 Å². The lowest BCUT2D eigenvalue weighted by atomic mass is 10.0. The van der Waals surface area contributed by atoms with Crippen molar-refractivity contribution in [2.75, 3.05) is 13.1 Å². The minimum Gasteiger partial charge on any atom is -0.415 e. The van der Waals surface area contributed by atoms with Crippen LogP contribution >= 0.6 is 0 Å². The third kappa shape index (κ3) is 4.27. The number of aromatic nitrogens is 4. The van der Waals surface area contributed by atoms with Gasteiger partial charge in [0.25, 0.3) is 5.89 Å². The molecule has 36 heavy (non-hydrogen) atoms. The van der Waals surface area contributed by atoms with E-state index in [1.807, 2.05) is 0 Å². The molecule has 1 aliphatic rings. The lowest BCUT2D eigenvalue weighted by molar-refractivity contribution is -0.130. The number of fused-ring (bicyclic) bond motifs is 1. The molecule has 0 saturated carbocycles. The smallest absolute Gasteiger partial charge is 0.329 e. The van der Waals surface area contributed by atoms with E-state index in [1.165, 1.54) is 46.4 Å². The number of hydrogen-bond acceptors (Lipinski definition) is 5. The first-order chi connectivity index (χ1) is 17.2. The zero-order valence-corrected chi connectivity index (χ0v) is 19.1. The lowest BCUT2D eigenvalue weighted by Gasteiger charge is -2.31. The highest BCUT2D eigenvalue weighted by atomic mass is 19.3. The maximum Gasteiger partial charge on any atom is 0.329 e. The number of piperidine rings is 1. The fraction of sp³-hybridized carbons (Fsp3) is 0.333. The van der Waals surface area contributed by atoms with E-state index in [-0.39, 0.29) is 35.5 Å². The molecule has 8 nitrogen and oxygen atoms in total. The average molecular weight is 503 g/mol. The molecule has 2 aromatic heterocycles. The molecular weight excluding hydrogens is 482 g/mol. The van der Waals surface area contributed by atoms with Gasteiger partial charge in [0.15, 0.2) is 0 Å². The number of carbonyl (C=O) groups is 1. The van der Waals surface area contributed by atoms with Gasteiger partial charge in [0.2, 0.25) is 11.8 Å². The normalized spacial score (nSPS) is 14.8. The van der Waals surface area contributed by atoms with Crippen LogP contribution in [0.3, 0.4) is 0 Å². The number of rotatable bonds is 5. The predicted molar refractivity (Wildman–Crippen MR) is 120 cm³/mol. The zero-order chi connectivity index (χ0) is 25.6. The summed E-state index contributed by atoms with van der Waals surface area (Å²) in [7, 11) is 0. The quantitative estimate of drug-likeness (QED) is 0.379. The summed E-state index contributed by atoms with van der Waals surface area (Å²) in [4.78, 5) is 26.9. The van der Waals surface area contributed by atoms with E-state index in [1.54, 1.807) is 4.90 Å². The molecule has 0 unspecified atom stereocenters. The molecular formula is C24H21F4N5O3. The van der Waals surface area contributed by atoms with Gasteiger partial charge in [0.1, 0.15) is 11.6 Å². The number of imidazole rings is 1. The average Bonchev–Trinajstić information content (AvgIpc) is 3.44. The maximum absolute atomic E-state index is 15.0. The van der Waals surface area contributed by atoms with Gasteiger partial charge in [-0.15, -0.1) is 10.2 Å². The third-order valence-corrected chi connectivity index (χ3v) is 6.46. The van der Waals surface area contributed by atoms with E-state index in [9.17, 15) is 22.8 Å². The van der Waals surface area contributed by atoms with Crippen LogP contribution in [0.25, 0.3) is 22.5 Å². The van der Waals surface area contributed by atoms with Gasteiger partial charge < -0.3 is 9.32 Å². The van der Waals surface area contributed by atoms with Crippen molar-refractivity contribution in [3.8, 4) is 11.5 Å². The minimum absolute atomic E-state index is 0.0425. The summed E-state index contributed by atoms with van der Waals surface area (Å²) < 4.78 is 62.3.